The highest BCUT2D eigenvalue weighted by Crippen LogP contribution is 2.21. The lowest BCUT2D eigenvalue weighted by Crippen LogP contribution is -2.32. The molecule has 0 saturated carbocycles. The van der Waals surface area contributed by atoms with E-state index in [1.165, 1.54) is 28.9 Å². The van der Waals surface area contributed by atoms with E-state index in [2.05, 4.69) is 14.8 Å². The first kappa shape index (κ1) is 20.8. The third-order valence-corrected chi connectivity index (χ3v) is 6.23. The van der Waals surface area contributed by atoms with Crippen LogP contribution in [0.4, 0.5) is 4.39 Å². The summed E-state index contributed by atoms with van der Waals surface area (Å²) in [6.07, 6.45) is 0. The van der Waals surface area contributed by atoms with Crippen LogP contribution in [-0.4, -0.2) is 29.7 Å². The quantitative estimate of drug-likeness (QED) is 0.500. The average Bonchev–Trinajstić information content (AvgIpc) is 2.75. The number of pyridine rings is 1. The van der Waals surface area contributed by atoms with E-state index in [0.29, 0.717) is 22.5 Å². The lowest BCUT2D eigenvalue weighted by molar-refractivity contribution is 0.549. The van der Waals surface area contributed by atoms with Crippen molar-refractivity contribution in [3.05, 3.63) is 88.6 Å². The van der Waals surface area contributed by atoms with E-state index < -0.39 is 10.0 Å². The van der Waals surface area contributed by atoms with E-state index in [0.717, 1.165) is 5.39 Å². The van der Waals surface area contributed by atoms with E-state index in [4.69, 9.17) is 0 Å². The van der Waals surface area contributed by atoms with Crippen molar-refractivity contribution in [3.63, 3.8) is 0 Å². The molecule has 0 radical (unpaired) electrons. The van der Waals surface area contributed by atoms with Crippen LogP contribution < -0.4 is 10.3 Å². The second-order valence-electron chi connectivity index (χ2n) is 6.97. The Morgan fingerprint density at radius 3 is 2.55 bits per heavy atom. The summed E-state index contributed by atoms with van der Waals surface area (Å²) in [4.78, 5) is 16.6. The highest BCUT2D eigenvalue weighted by Gasteiger charge is 2.18. The Morgan fingerprint density at radius 2 is 1.77 bits per heavy atom. The number of halogens is 1. The van der Waals surface area contributed by atoms with Gasteiger partial charge in [-0.15, -0.1) is 0 Å². The first-order valence-electron chi connectivity index (χ1n) is 9.54. The SMILES string of the molecule is Cc1ccc2cccc(S(=O)(=O)NCCn3nc(-c4ccc(F)cc4)ccc3=O)c2n1. The number of aromatic nitrogens is 3. The van der Waals surface area contributed by atoms with Gasteiger partial charge in [-0.05, 0) is 49.4 Å². The van der Waals surface area contributed by atoms with Crippen molar-refractivity contribution < 1.29 is 12.8 Å². The number of benzene rings is 2. The van der Waals surface area contributed by atoms with Crippen molar-refractivity contribution >= 4 is 20.9 Å². The second-order valence-corrected chi connectivity index (χ2v) is 8.70. The van der Waals surface area contributed by atoms with Gasteiger partial charge in [0.2, 0.25) is 10.0 Å². The number of rotatable bonds is 6. The predicted molar refractivity (Wildman–Crippen MR) is 116 cm³/mol. The molecule has 4 aromatic rings. The molecule has 0 atom stereocenters. The van der Waals surface area contributed by atoms with Crippen LogP contribution in [0.2, 0.25) is 0 Å². The van der Waals surface area contributed by atoms with E-state index in [-0.39, 0.29) is 29.4 Å². The Bertz CT molecular complexity index is 1420. The molecule has 31 heavy (non-hydrogen) atoms. The number of fused-ring (bicyclic) bond motifs is 1. The van der Waals surface area contributed by atoms with E-state index >= 15 is 0 Å². The van der Waals surface area contributed by atoms with Crippen molar-refractivity contribution in [3.8, 4) is 11.3 Å². The minimum atomic E-state index is -3.85. The van der Waals surface area contributed by atoms with Crippen molar-refractivity contribution in [1.29, 1.82) is 0 Å². The molecule has 9 heteroatoms. The number of sulfonamides is 1. The van der Waals surface area contributed by atoms with Gasteiger partial charge in [0.05, 0.1) is 17.8 Å². The Hall–Kier alpha value is -3.43. The minimum Gasteiger partial charge on any atom is -0.268 e. The smallest absolute Gasteiger partial charge is 0.266 e. The summed E-state index contributed by atoms with van der Waals surface area (Å²) in [6.45, 7) is 1.79. The molecule has 0 bridgehead atoms. The minimum absolute atomic E-state index is 0.0321. The van der Waals surface area contributed by atoms with Crippen LogP contribution in [-0.2, 0) is 16.6 Å². The second kappa shape index (κ2) is 8.37. The molecule has 0 fully saturated rings. The van der Waals surface area contributed by atoms with Crippen LogP contribution >= 0.6 is 0 Å². The van der Waals surface area contributed by atoms with Gasteiger partial charge < -0.3 is 0 Å². The topological polar surface area (TPSA) is 94.0 Å². The largest absolute Gasteiger partial charge is 0.268 e. The van der Waals surface area contributed by atoms with Crippen LogP contribution in [0, 0.1) is 12.7 Å². The maximum absolute atomic E-state index is 13.1. The van der Waals surface area contributed by atoms with Gasteiger partial charge in [-0.25, -0.2) is 22.2 Å². The molecule has 0 spiro atoms. The first-order chi connectivity index (χ1) is 14.8. The number of hydrogen-bond donors (Lipinski definition) is 1. The van der Waals surface area contributed by atoms with Crippen molar-refractivity contribution in [2.24, 2.45) is 0 Å². The lowest BCUT2D eigenvalue weighted by atomic mass is 10.1. The molecule has 4 rings (SSSR count). The molecule has 0 saturated heterocycles. The zero-order chi connectivity index (χ0) is 22.0. The molecule has 7 nitrogen and oxygen atoms in total. The van der Waals surface area contributed by atoms with E-state index in [1.807, 2.05) is 12.1 Å². The van der Waals surface area contributed by atoms with Crippen LogP contribution in [0.15, 0.2) is 76.4 Å². The molecule has 0 aliphatic carbocycles. The molecule has 158 valence electrons. The lowest BCUT2D eigenvalue weighted by Gasteiger charge is -2.11. The third kappa shape index (κ3) is 4.52. The Labute approximate surface area is 178 Å². The number of nitrogens with one attached hydrogen (secondary N) is 1. The molecule has 2 aromatic heterocycles. The molecule has 0 aliphatic rings. The monoisotopic (exact) mass is 438 g/mol. The fourth-order valence-electron chi connectivity index (χ4n) is 3.18. The van der Waals surface area contributed by atoms with Crippen LogP contribution in [0.3, 0.4) is 0 Å². The van der Waals surface area contributed by atoms with Gasteiger partial charge in [-0.2, -0.15) is 5.10 Å². The number of aryl methyl sites for hydroxylation is 1. The molecule has 2 heterocycles. The van der Waals surface area contributed by atoms with Gasteiger partial charge in [0.15, 0.2) is 0 Å². The predicted octanol–water partition coefficient (Wildman–Crippen LogP) is 2.88. The summed E-state index contributed by atoms with van der Waals surface area (Å²) >= 11 is 0. The summed E-state index contributed by atoms with van der Waals surface area (Å²) in [7, 11) is -3.85. The summed E-state index contributed by atoms with van der Waals surface area (Å²) < 4.78 is 42.5. The fraction of sp³-hybridized carbons (Fsp3) is 0.136. The van der Waals surface area contributed by atoms with Crippen molar-refractivity contribution in [1.82, 2.24) is 19.5 Å². The Morgan fingerprint density at radius 1 is 1.00 bits per heavy atom. The van der Waals surface area contributed by atoms with Crippen molar-refractivity contribution in [2.75, 3.05) is 6.54 Å². The Balaban J connectivity index is 1.54. The molecule has 0 unspecified atom stereocenters. The number of nitrogens with zero attached hydrogens (tertiary/aromatic N) is 3. The number of para-hydroxylation sites is 1. The van der Waals surface area contributed by atoms with Gasteiger partial charge in [0.25, 0.3) is 5.56 Å². The van der Waals surface area contributed by atoms with Crippen LogP contribution in [0.5, 0.6) is 0 Å². The normalized spacial score (nSPS) is 11.7. The molecule has 1 N–H and O–H groups in total. The van der Waals surface area contributed by atoms with E-state index in [9.17, 15) is 17.6 Å². The standard InChI is InChI=1S/C22H19FN4O3S/c1-15-5-6-17-3-2-4-20(22(17)25-15)31(29,30)24-13-14-27-21(28)12-11-19(26-27)16-7-9-18(23)10-8-16/h2-12,24H,13-14H2,1H3. The van der Waals surface area contributed by atoms with Gasteiger partial charge >= 0.3 is 0 Å². The number of hydrogen-bond acceptors (Lipinski definition) is 5. The zero-order valence-electron chi connectivity index (χ0n) is 16.6. The molecule has 2 aromatic carbocycles. The Kier molecular flexibility index (Phi) is 5.62. The average molecular weight is 438 g/mol. The van der Waals surface area contributed by atoms with E-state index in [1.54, 1.807) is 37.3 Å². The molecule has 0 amide bonds. The molecular weight excluding hydrogens is 419 g/mol. The summed E-state index contributed by atoms with van der Waals surface area (Å²) in [5.41, 5.74) is 1.86. The zero-order valence-corrected chi connectivity index (χ0v) is 17.4. The summed E-state index contributed by atoms with van der Waals surface area (Å²) in [6, 6.07) is 17.2. The highest BCUT2D eigenvalue weighted by atomic mass is 32.2. The molecule has 0 aliphatic heterocycles. The maximum atomic E-state index is 13.1. The van der Waals surface area contributed by atoms with Gasteiger partial charge in [-0.1, -0.05) is 18.2 Å². The summed E-state index contributed by atoms with van der Waals surface area (Å²) in [5, 5.41) is 4.98. The van der Waals surface area contributed by atoms with Crippen LogP contribution in [0.1, 0.15) is 5.69 Å². The molecular formula is C22H19FN4O3S. The summed E-state index contributed by atoms with van der Waals surface area (Å²) in [5.74, 6) is -0.371. The van der Waals surface area contributed by atoms with Crippen LogP contribution in [0.25, 0.3) is 22.2 Å². The fourth-order valence-corrected chi connectivity index (χ4v) is 4.37. The highest BCUT2D eigenvalue weighted by molar-refractivity contribution is 7.89. The van der Waals surface area contributed by atoms with Gasteiger partial charge in [0, 0.05) is 29.3 Å². The first-order valence-corrected chi connectivity index (χ1v) is 11.0. The third-order valence-electron chi connectivity index (χ3n) is 4.73. The van der Waals surface area contributed by atoms with Gasteiger partial charge in [-0.3, -0.25) is 9.78 Å². The van der Waals surface area contributed by atoms with Crippen molar-refractivity contribution in [2.45, 2.75) is 18.4 Å². The maximum Gasteiger partial charge on any atom is 0.266 e. The van der Waals surface area contributed by atoms with Gasteiger partial charge in [0.1, 0.15) is 10.7 Å².